The summed E-state index contributed by atoms with van der Waals surface area (Å²) in [6, 6.07) is 32.9. The van der Waals surface area contributed by atoms with Crippen molar-refractivity contribution in [2.75, 3.05) is 13.2 Å². The standard InChI is InChI=1S/C36H33NO7/c1-23-33(44-35(39)25-14-6-3-7-15-25)32(20-26(43-23)21-41-34(38)24-12-4-2-5-13-24)37-36(40)42-22-31-29-18-10-8-16-27(29)28-17-9-11-19-30(28)31/h2-19,23,26,31-33H,20-22H2,1H3,(H,37,40). The predicted molar refractivity (Wildman–Crippen MR) is 163 cm³/mol. The second kappa shape index (κ2) is 13.1. The van der Waals surface area contributed by atoms with Crippen LogP contribution >= 0.6 is 0 Å². The maximum absolute atomic E-state index is 13.3. The zero-order chi connectivity index (χ0) is 30.5. The number of hydrogen-bond acceptors (Lipinski definition) is 7. The highest BCUT2D eigenvalue weighted by atomic mass is 16.6. The van der Waals surface area contributed by atoms with E-state index < -0.39 is 42.4 Å². The number of esters is 2. The summed E-state index contributed by atoms with van der Waals surface area (Å²) in [6.07, 6.45) is -2.33. The maximum Gasteiger partial charge on any atom is 0.407 e. The third-order valence-electron chi connectivity index (χ3n) is 8.09. The molecule has 4 unspecified atom stereocenters. The van der Waals surface area contributed by atoms with Crippen LogP contribution in [0.2, 0.25) is 0 Å². The first-order chi connectivity index (χ1) is 21.5. The fourth-order valence-corrected chi connectivity index (χ4v) is 5.99. The first-order valence-corrected chi connectivity index (χ1v) is 14.7. The molecule has 0 aromatic heterocycles. The molecule has 1 amide bonds. The van der Waals surface area contributed by atoms with E-state index in [0.29, 0.717) is 11.1 Å². The minimum atomic E-state index is -0.802. The third-order valence-corrected chi connectivity index (χ3v) is 8.09. The van der Waals surface area contributed by atoms with Crippen LogP contribution in [0.25, 0.3) is 11.1 Å². The molecule has 1 heterocycles. The molecule has 6 rings (SSSR count). The molecular formula is C36H33NO7. The number of nitrogens with one attached hydrogen (secondary N) is 1. The largest absolute Gasteiger partial charge is 0.459 e. The molecule has 44 heavy (non-hydrogen) atoms. The van der Waals surface area contributed by atoms with Crippen molar-refractivity contribution in [3.63, 3.8) is 0 Å². The summed E-state index contributed by atoms with van der Waals surface area (Å²) in [5.74, 6) is -1.10. The fraction of sp³-hybridized carbons (Fsp3) is 0.250. The van der Waals surface area contributed by atoms with Gasteiger partial charge in [0, 0.05) is 12.3 Å². The van der Waals surface area contributed by atoms with Crippen LogP contribution in [0.4, 0.5) is 4.79 Å². The average Bonchev–Trinajstić information content (AvgIpc) is 3.38. The Hall–Kier alpha value is -4.95. The summed E-state index contributed by atoms with van der Waals surface area (Å²) in [5, 5.41) is 2.92. The van der Waals surface area contributed by atoms with Gasteiger partial charge >= 0.3 is 18.0 Å². The molecule has 4 atom stereocenters. The van der Waals surface area contributed by atoms with Crippen LogP contribution < -0.4 is 5.32 Å². The van der Waals surface area contributed by atoms with Crippen LogP contribution in [0.1, 0.15) is 51.1 Å². The molecule has 0 spiro atoms. The van der Waals surface area contributed by atoms with Crippen molar-refractivity contribution in [3.05, 3.63) is 131 Å². The smallest absolute Gasteiger partial charge is 0.407 e. The quantitative estimate of drug-likeness (QED) is 0.194. The molecule has 4 aromatic carbocycles. The number of ether oxygens (including phenoxy) is 4. The Labute approximate surface area is 255 Å². The highest BCUT2D eigenvalue weighted by Gasteiger charge is 2.41. The van der Waals surface area contributed by atoms with E-state index in [1.54, 1.807) is 55.5 Å². The van der Waals surface area contributed by atoms with E-state index in [2.05, 4.69) is 29.6 Å². The number of benzene rings is 4. The molecule has 0 bridgehead atoms. The van der Waals surface area contributed by atoms with E-state index in [9.17, 15) is 14.4 Å². The molecule has 1 saturated heterocycles. The van der Waals surface area contributed by atoms with E-state index in [1.807, 2.05) is 36.4 Å². The van der Waals surface area contributed by atoms with Crippen molar-refractivity contribution < 1.29 is 33.3 Å². The van der Waals surface area contributed by atoms with Crippen molar-refractivity contribution in [1.29, 1.82) is 0 Å². The van der Waals surface area contributed by atoms with Gasteiger partial charge in [0.25, 0.3) is 0 Å². The van der Waals surface area contributed by atoms with Crippen molar-refractivity contribution in [2.45, 2.75) is 43.6 Å². The van der Waals surface area contributed by atoms with Gasteiger partial charge in [-0.1, -0.05) is 84.9 Å². The van der Waals surface area contributed by atoms with Gasteiger partial charge in [0.2, 0.25) is 0 Å². The molecule has 4 aromatic rings. The fourth-order valence-electron chi connectivity index (χ4n) is 5.99. The lowest BCUT2D eigenvalue weighted by atomic mass is 9.96. The Bertz CT molecular complexity index is 1580. The molecule has 224 valence electrons. The van der Waals surface area contributed by atoms with Crippen LogP contribution in [0, 0.1) is 0 Å². The molecular weight excluding hydrogens is 558 g/mol. The number of carbonyl (C=O) groups excluding carboxylic acids is 3. The number of alkyl carbamates (subject to hydrolysis) is 1. The molecule has 1 aliphatic carbocycles. The molecule has 2 aliphatic rings. The molecule has 1 N–H and O–H groups in total. The Morgan fingerprint density at radius 2 is 1.25 bits per heavy atom. The van der Waals surface area contributed by atoms with Gasteiger partial charge in [-0.25, -0.2) is 14.4 Å². The molecule has 0 saturated carbocycles. The summed E-state index contributed by atoms with van der Waals surface area (Å²) in [7, 11) is 0. The van der Waals surface area contributed by atoms with Crippen LogP contribution in [-0.2, 0) is 18.9 Å². The van der Waals surface area contributed by atoms with Crippen molar-refractivity contribution in [1.82, 2.24) is 5.32 Å². The first kappa shape index (κ1) is 29.1. The normalized spacial score (nSPS) is 20.6. The monoisotopic (exact) mass is 591 g/mol. The molecule has 1 aliphatic heterocycles. The van der Waals surface area contributed by atoms with E-state index in [1.165, 1.54) is 0 Å². The lowest BCUT2D eigenvalue weighted by molar-refractivity contribution is -0.138. The van der Waals surface area contributed by atoms with Gasteiger partial charge in [-0.05, 0) is 53.4 Å². The summed E-state index contributed by atoms with van der Waals surface area (Å²) in [6.45, 7) is 1.88. The maximum atomic E-state index is 13.3. The Morgan fingerprint density at radius 3 is 1.86 bits per heavy atom. The lowest BCUT2D eigenvalue weighted by Crippen LogP contribution is -2.57. The van der Waals surface area contributed by atoms with Gasteiger partial charge in [0.15, 0.2) is 0 Å². The zero-order valence-corrected chi connectivity index (χ0v) is 24.3. The number of fused-ring (bicyclic) bond motifs is 3. The van der Waals surface area contributed by atoms with Gasteiger partial charge in [0.05, 0.1) is 29.4 Å². The Balaban J connectivity index is 1.14. The van der Waals surface area contributed by atoms with Crippen molar-refractivity contribution in [3.8, 4) is 11.1 Å². The zero-order valence-electron chi connectivity index (χ0n) is 24.3. The van der Waals surface area contributed by atoms with E-state index >= 15 is 0 Å². The molecule has 8 nitrogen and oxygen atoms in total. The van der Waals surface area contributed by atoms with Crippen LogP contribution in [0.5, 0.6) is 0 Å². The van der Waals surface area contributed by atoms with Gasteiger partial charge in [-0.3, -0.25) is 0 Å². The molecule has 1 fully saturated rings. The average molecular weight is 592 g/mol. The minimum Gasteiger partial charge on any atom is -0.459 e. The number of carbonyl (C=O) groups is 3. The van der Waals surface area contributed by atoms with Crippen molar-refractivity contribution >= 4 is 18.0 Å². The van der Waals surface area contributed by atoms with E-state index in [0.717, 1.165) is 22.3 Å². The first-order valence-electron chi connectivity index (χ1n) is 14.7. The lowest BCUT2D eigenvalue weighted by Gasteiger charge is -2.39. The Morgan fingerprint density at radius 1 is 0.705 bits per heavy atom. The van der Waals surface area contributed by atoms with Crippen LogP contribution in [-0.4, -0.2) is 55.6 Å². The number of amides is 1. The number of rotatable bonds is 8. The van der Waals surface area contributed by atoms with E-state index in [-0.39, 0.29) is 25.6 Å². The second-order valence-corrected chi connectivity index (χ2v) is 11.0. The SMILES string of the molecule is CC1OC(COC(=O)c2ccccc2)CC(NC(=O)OCC2c3ccccc3-c3ccccc32)C1OC(=O)c1ccccc1. The van der Waals surface area contributed by atoms with Gasteiger partial charge in [-0.2, -0.15) is 0 Å². The molecule has 8 heteroatoms. The highest BCUT2D eigenvalue weighted by molar-refractivity contribution is 5.90. The Kier molecular flexibility index (Phi) is 8.70. The number of hydrogen-bond donors (Lipinski definition) is 1. The minimum absolute atomic E-state index is 0.0275. The summed E-state index contributed by atoms with van der Waals surface area (Å²) in [4.78, 5) is 38.8. The van der Waals surface area contributed by atoms with Crippen LogP contribution in [0.3, 0.4) is 0 Å². The topological polar surface area (TPSA) is 100 Å². The second-order valence-electron chi connectivity index (χ2n) is 11.0. The van der Waals surface area contributed by atoms with Crippen LogP contribution in [0.15, 0.2) is 109 Å². The summed E-state index contributed by atoms with van der Waals surface area (Å²) in [5.41, 5.74) is 5.30. The highest BCUT2D eigenvalue weighted by Crippen LogP contribution is 2.44. The van der Waals surface area contributed by atoms with Gasteiger partial charge < -0.3 is 24.3 Å². The van der Waals surface area contributed by atoms with Crippen molar-refractivity contribution in [2.24, 2.45) is 0 Å². The van der Waals surface area contributed by atoms with E-state index in [4.69, 9.17) is 18.9 Å². The summed E-state index contributed by atoms with van der Waals surface area (Å²) >= 11 is 0. The summed E-state index contributed by atoms with van der Waals surface area (Å²) < 4.78 is 23.3. The third kappa shape index (κ3) is 6.35. The van der Waals surface area contributed by atoms with Gasteiger partial charge in [0.1, 0.15) is 19.3 Å². The van der Waals surface area contributed by atoms with Gasteiger partial charge in [-0.15, -0.1) is 0 Å². The predicted octanol–water partition coefficient (Wildman–Crippen LogP) is 6.15. The molecule has 0 radical (unpaired) electrons.